The van der Waals surface area contributed by atoms with E-state index in [1.165, 1.54) is 5.01 Å². The van der Waals surface area contributed by atoms with Crippen LogP contribution in [0.25, 0.3) is 0 Å². The molecule has 120 valence electrons. The molecule has 1 saturated heterocycles. The Morgan fingerprint density at radius 2 is 1.95 bits per heavy atom. The molecule has 1 fully saturated rings. The van der Waals surface area contributed by atoms with Crippen LogP contribution in [0.5, 0.6) is 0 Å². The second-order valence-electron chi connectivity index (χ2n) is 4.89. The summed E-state index contributed by atoms with van der Waals surface area (Å²) in [5.41, 5.74) is -0.222. The van der Waals surface area contributed by atoms with Crippen LogP contribution in [-0.4, -0.2) is 42.0 Å². The van der Waals surface area contributed by atoms with Gasteiger partial charge in [0, 0.05) is 18.7 Å². The maximum Gasteiger partial charge on any atom is 0.322 e. The van der Waals surface area contributed by atoms with Crippen molar-refractivity contribution >= 4 is 21.7 Å². The van der Waals surface area contributed by atoms with Crippen LogP contribution in [0, 0.1) is 10.1 Å². The van der Waals surface area contributed by atoms with Crippen molar-refractivity contribution < 1.29 is 23.2 Å². The number of hydrogen-bond acceptors (Lipinski definition) is 6. The zero-order valence-electron chi connectivity index (χ0n) is 11.5. The monoisotopic (exact) mass is 329 g/mol. The van der Waals surface area contributed by atoms with E-state index < -0.39 is 27.0 Å². The highest BCUT2D eigenvalue weighted by molar-refractivity contribution is 7.89. The molecule has 0 aliphatic carbocycles. The molecule has 0 aromatic heterocycles. The van der Waals surface area contributed by atoms with Crippen molar-refractivity contribution in [1.82, 2.24) is 9.84 Å². The van der Waals surface area contributed by atoms with E-state index in [1.807, 2.05) is 0 Å². The number of benzene rings is 1. The van der Waals surface area contributed by atoms with Crippen molar-refractivity contribution in [2.45, 2.75) is 30.2 Å². The van der Waals surface area contributed by atoms with E-state index in [9.17, 15) is 23.3 Å². The van der Waals surface area contributed by atoms with Gasteiger partial charge in [-0.3, -0.25) is 14.9 Å². The number of rotatable bonds is 5. The molecule has 22 heavy (non-hydrogen) atoms. The maximum atomic E-state index is 12.2. The number of hydrogen-bond donors (Lipinski definition) is 2. The summed E-state index contributed by atoms with van der Waals surface area (Å²) in [6, 6.07) is 3.47. The summed E-state index contributed by atoms with van der Waals surface area (Å²) >= 11 is 0. The Labute approximate surface area is 126 Å². The second kappa shape index (κ2) is 6.38. The van der Waals surface area contributed by atoms with Crippen LogP contribution in [0.1, 0.15) is 19.3 Å². The minimum atomic E-state index is -3.98. The number of non-ortho nitro benzene ring substituents is 1. The summed E-state index contributed by atoms with van der Waals surface area (Å²) in [7, 11) is -3.98. The first kappa shape index (κ1) is 16.3. The maximum absolute atomic E-state index is 12.2. The highest BCUT2D eigenvalue weighted by Gasteiger charge is 2.31. The molecular formula is C12H15N3O6S. The normalized spacial score (nSPS) is 19.7. The molecule has 0 unspecified atom stereocenters. The van der Waals surface area contributed by atoms with E-state index in [4.69, 9.17) is 5.11 Å². The lowest BCUT2D eigenvalue weighted by Crippen LogP contribution is -2.53. The lowest BCUT2D eigenvalue weighted by atomic mass is 10.0. The Hall–Kier alpha value is -2.04. The average molecular weight is 329 g/mol. The fourth-order valence-corrected chi connectivity index (χ4v) is 3.38. The molecule has 0 amide bonds. The molecule has 0 bridgehead atoms. The number of nitrogens with one attached hydrogen (secondary N) is 1. The Morgan fingerprint density at radius 3 is 2.50 bits per heavy atom. The Morgan fingerprint density at radius 1 is 1.32 bits per heavy atom. The lowest BCUT2D eigenvalue weighted by Gasteiger charge is -2.32. The van der Waals surface area contributed by atoms with Crippen LogP contribution in [0.15, 0.2) is 29.2 Å². The van der Waals surface area contributed by atoms with Gasteiger partial charge in [0.05, 0.1) is 9.82 Å². The van der Waals surface area contributed by atoms with E-state index in [1.54, 1.807) is 0 Å². The number of nitro groups is 1. The van der Waals surface area contributed by atoms with Gasteiger partial charge in [0.1, 0.15) is 6.04 Å². The minimum Gasteiger partial charge on any atom is -0.480 e. The van der Waals surface area contributed by atoms with Crippen LogP contribution < -0.4 is 4.83 Å². The molecule has 9 nitrogen and oxygen atoms in total. The number of sulfonamides is 1. The van der Waals surface area contributed by atoms with E-state index in [2.05, 4.69) is 4.83 Å². The quantitative estimate of drug-likeness (QED) is 0.601. The molecule has 2 rings (SSSR count). The second-order valence-corrected chi connectivity index (χ2v) is 6.55. The number of hydrazine groups is 1. The SMILES string of the molecule is O=C(O)[C@@H]1CCCCN1NS(=O)(=O)c1ccc([N+](=O)[O-])cc1. The van der Waals surface area contributed by atoms with E-state index in [0.717, 1.165) is 24.3 Å². The molecule has 1 atom stereocenters. The van der Waals surface area contributed by atoms with E-state index in [-0.39, 0.29) is 10.6 Å². The van der Waals surface area contributed by atoms with Crippen LogP contribution in [0.3, 0.4) is 0 Å². The van der Waals surface area contributed by atoms with Crippen LogP contribution in [0.4, 0.5) is 5.69 Å². The van der Waals surface area contributed by atoms with Crippen molar-refractivity contribution in [2.75, 3.05) is 6.54 Å². The molecule has 1 aromatic rings. The topological polar surface area (TPSA) is 130 Å². The number of nitro benzene ring substituents is 1. The third-order valence-corrected chi connectivity index (χ3v) is 4.75. The van der Waals surface area contributed by atoms with E-state index in [0.29, 0.717) is 25.8 Å². The van der Waals surface area contributed by atoms with Gasteiger partial charge in [-0.25, -0.2) is 13.4 Å². The lowest BCUT2D eigenvalue weighted by molar-refractivity contribution is -0.384. The number of nitrogens with zero attached hydrogens (tertiary/aromatic N) is 2. The summed E-state index contributed by atoms with van der Waals surface area (Å²) in [5, 5.41) is 20.9. The number of carboxylic acids is 1. The van der Waals surface area contributed by atoms with Gasteiger partial charge >= 0.3 is 5.97 Å². The first-order valence-corrected chi connectivity index (χ1v) is 8.06. The molecule has 1 aliphatic heterocycles. The number of carbonyl (C=O) groups is 1. The summed E-state index contributed by atoms with van der Waals surface area (Å²) < 4.78 is 24.5. The Balaban J connectivity index is 2.19. The largest absolute Gasteiger partial charge is 0.480 e. The molecule has 0 saturated carbocycles. The molecular weight excluding hydrogens is 314 g/mol. The van der Waals surface area contributed by atoms with Gasteiger partial charge < -0.3 is 5.11 Å². The molecule has 2 N–H and O–H groups in total. The summed E-state index contributed by atoms with van der Waals surface area (Å²) in [5.74, 6) is -1.09. The number of piperidine rings is 1. The highest BCUT2D eigenvalue weighted by Crippen LogP contribution is 2.19. The third-order valence-electron chi connectivity index (χ3n) is 3.38. The summed E-state index contributed by atoms with van der Waals surface area (Å²) in [6.07, 6.45) is 1.76. The average Bonchev–Trinajstić information content (AvgIpc) is 2.47. The van der Waals surface area contributed by atoms with Crippen molar-refractivity contribution in [3.63, 3.8) is 0 Å². The van der Waals surface area contributed by atoms with Crippen molar-refractivity contribution in [3.8, 4) is 0 Å². The predicted molar refractivity (Wildman–Crippen MR) is 75.4 cm³/mol. The predicted octanol–water partition coefficient (Wildman–Crippen LogP) is 0.727. The van der Waals surface area contributed by atoms with Crippen LogP contribution in [0.2, 0.25) is 0 Å². The van der Waals surface area contributed by atoms with Gasteiger partial charge in [0.2, 0.25) is 0 Å². The van der Waals surface area contributed by atoms with Gasteiger partial charge in [0.25, 0.3) is 15.7 Å². The Kier molecular flexibility index (Phi) is 4.74. The molecule has 10 heteroatoms. The van der Waals surface area contributed by atoms with Gasteiger partial charge in [-0.15, -0.1) is 4.83 Å². The van der Waals surface area contributed by atoms with E-state index >= 15 is 0 Å². The summed E-state index contributed by atoms with van der Waals surface area (Å²) in [4.78, 5) is 23.2. The Bertz CT molecular complexity index is 673. The molecule has 0 radical (unpaired) electrons. The zero-order chi connectivity index (χ0) is 16.3. The fourth-order valence-electron chi connectivity index (χ4n) is 2.25. The van der Waals surface area contributed by atoms with Gasteiger partial charge in [-0.2, -0.15) is 0 Å². The molecule has 1 heterocycles. The third kappa shape index (κ3) is 3.59. The molecule has 0 spiro atoms. The number of carboxylic acid groups (broad SMARTS) is 1. The summed E-state index contributed by atoms with van der Waals surface area (Å²) in [6.45, 7) is 0.295. The van der Waals surface area contributed by atoms with Gasteiger partial charge in [-0.05, 0) is 31.4 Å². The van der Waals surface area contributed by atoms with Crippen molar-refractivity contribution in [1.29, 1.82) is 0 Å². The van der Waals surface area contributed by atoms with Crippen LogP contribution >= 0.6 is 0 Å². The first-order valence-electron chi connectivity index (χ1n) is 6.57. The minimum absolute atomic E-state index is 0.159. The standard InChI is InChI=1S/C12H15N3O6S/c16-12(17)11-3-1-2-8-14(11)13-22(20,21)10-6-4-9(5-7-10)15(18)19/h4-7,11,13H,1-3,8H2,(H,16,17)/t11-/m0/s1. The highest BCUT2D eigenvalue weighted by atomic mass is 32.2. The van der Waals surface area contributed by atoms with Gasteiger partial charge in [-0.1, -0.05) is 0 Å². The molecule has 1 aromatic carbocycles. The first-order chi connectivity index (χ1) is 10.3. The molecule has 1 aliphatic rings. The zero-order valence-corrected chi connectivity index (χ0v) is 12.3. The van der Waals surface area contributed by atoms with Gasteiger partial charge in [0.15, 0.2) is 0 Å². The van der Waals surface area contributed by atoms with Crippen molar-refractivity contribution in [2.24, 2.45) is 0 Å². The number of aliphatic carboxylic acids is 1. The smallest absolute Gasteiger partial charge is 0.322 e. The fraction of sp³-hybridized carbons (Fsp3) is 0.417. The van der Waals surface area contributed by atoms with Crippen molar-refractivity contribution in [3.05, 3.63) is 34.4 Å². The van der Waals surface area contributed by atoms with Crippen LogP contribution in [-0.2, 0) is 14.8 Å².